The third-order valence-corrected chi connectivity index (χ3v) is 5.09. The van der Waals surface area contributed by atoms with E-state index in [0.29, 0.717) is 19.7 Å². The lowest BCUT2D eigenvalue weighted by molar-refractivity contribution is 0.194. The lowest BCUT2D eigenvalue weighted by Crippen LogP contribution is -2.43. The highest BCUT2D eigenvalue weighted by Gasteiger charge is 2.19. The van der Waals surface area contributed by atoms with Crippen molar-refractivity contribution in [3.8, 4) is 0 Å². The lowest BCUT2D eigenvalue weighted by atomic mass is 9.98. The van der Waals surface area contributed by atoms with E-state index < -0.39 is 0 Å². The molecule has 0 unspecified atom stereocenters. The molecule has 23 heavy (non-hydrogen) atoms. The van der Waals surface area contributed by atoms with Crippen LogP contribution >= 0.6 is 11.3 Å². The number of amides is 2. The van der Waals surface area contributed by atoms with E-state index in [2.05, 4.69) is 42.5 Å². The monoisotopic (exact) mass is 337 g/mol. The molecule has 6 heteroatoms. The van der Waals surface area contributed by atoms with Crippen molar-refractivity contribution in [1.29, 1.82) is 0 Å². The molecule has 0 saturated carbocycles. The molecule has 0 bridgehead atoms. The van der Waals surface area contributed by atoms with Gasteiger partial charge in [-0.05, 0) is 12.0 Å². The van der Waals surface area contributed by atoms with Crippen LogP contribution in [0.25, 0.3) is 0 Å². The van der Waals surface area contributed by atoms with Crippen molar-refractivity contribution in [2.45, 2.75) is 39.0 Å². The molecule has 2 rings (SSSR count). The maximum absolute atomic E-state index is 12.2. The number of hydrogen-bond acceptors (Lipinski definition) is 4. The highest BCUT2D eigenvalue weighted by molar-refractivity contribution is 7.09. The molecule has 0 aromatic carbocycles. The number of rotatable bonds is 5. The Morgan fingerprint density at radius 1 is 1.48 bits per heavy atom. The maximum atomic E-state index is 12.2. The topological polar surface area (TPSA) is 54.5 Å². The van der Waals surface area contributed by atoms with E-state index in [1.165, 1.54) is 5.57 Å². The van der Waals surface area contributed by atoms with Gasteiger partial charge in [0, 0.05) is 44.0 Å². The molecule has 0 radical (unpaired) electrons. The number of carbonyl (C=O) groups is 1. The Kier molecular flexibility index (Phi) is 6.18. The SMILES string of the molecule is COCC1=CCN(C(=O)NCCc2csc(C(C)(C)C)n2)CC1. The van der Waals surface area contributed by atoms with Gasteiger partial charge in [0.25, 0.3) is 0 Å². The smallest absolute Gasteiger partial charge is 0.317 e. The minimum atomic E-state index is 0.00370. The Bertz CT molecular complexity index is 560. The number of hydrogen-bond donors (Lipinski definition) is 1. The molecule has 2 amide bonds. The molecule has 128 valence electrons. The zero-order chi connectivity index (χ0) is 16.9. The van der Waals surface area contributed by atoms with Gasteiger partial charge < -0.3 is 15.0 Å². The summed E-state index contributed by atoms with van der Waals surface area (Å²) in [6.07, 6.45) is 3.75. The van der Waals surface area contributed by atoms with Crippen LogP contribution in [-0.4, -0.2) is 49.3 Å². The number of ether oxygens (including phenoxy) is 1. The first-order chi connectivity index (χ1) is 10.9. The van der Waals surface area contributed by atoms with Crippen LogP contribution in [0.5, 0.6) is 0 Å². The number of aromatic nitrogens is 1. The summed E-state index contributed by atoms with van der Waals surface area (Å²) in [5.41, 5.74) is 2.42. The number of thiazole rings is 1. The predicted octanol–water partition coefficient (Wildman–Crippen LogP) is 2.97. The summed E-state index contributed by atoms with van der Waals surface area (Å²) in [6, 6.07) is 0.00370. The largest absolute Gasteiger partial charge is 0.380 e. The van der Waals surface area contributed by atoms with Crippen LogP contribution in [0.3, 0.4) is 0 Å². The van der Waals surface area contributed by atoms with Gasteiger partial charge in [-0.3, -0.25) is 0 Å². The molecular weight excluding hydrogens is 310 g/mol. The summed E-state index contributed by atoms with van der Waals surface area (Å²) in [4.78, 5) is 18.6. The first-order valence-corrected chi connectivity index (χ1v) is 8.92. The van der Waals surface area contributed by atoms with E-state index in [1.54, 1.807) is 18.4 Å². The van der Waals surface area contributed by atoms with Crippen LogP contribution < -0.4 is 5.32 Å². The second kappa shape index (κ2) is 7.93. The van der Waals surface area contributed by atoms with E-state index in [1.807, 2.05) is 4.90 Å². The van der Waals surface area contributed by atoms with Crippen molar-refractivity contribution in [3.63, 3.8) is 0 Å². The minimum Gasteiger partial charge on any atom is -0.380 e. The third kappa shape index (κ3) is 5.32. The van der Waals surface area contributed by atoms with Gasteiger partial charge >= 0.3 is 6.03 Å². The second-order valence-corrected chi connectivity index (χ2v) is 7.73. The van der Waals surface area contributed by atoms with Crippen molar-refractivity contribution in [2.24, 2.45) is 0 Å². The second-order valence-electron chi connectivity index (χ2n) is 6.87. The average molecular weight is 337 g/mol. The zero-order valence-corrected chi connectivity index (χ0v) is 15.3. The molecule has 0 fully saturated rings. The van der Waals surface area contributed by atoms with Crippen LogP contribution in [0.2, 0.25) is 0 Å². The summed E-state index contributed by atoms with van der Waals surface area (Å²) in [7, 11) is 1.70. The fourth-order valence-corrected chi connectivity index (χ4v) is 3.33. The highest BCUT2D eigenvalue weighted by atomic mass is 32.1. The molecule has 0 aliphatic carbocycles. The molecule has 1 aliphatic rings. The Morgan fingerprint density at radius 3 is 2.83 bits per heavy atom. The molecule has 1 N–H and O–H groups in total. The molecular formula is C17H27N3O2S. The molecule has 2 heterocycles. The minimum absolute atomic E-state index is 0.00370. The summed E-state index contributed by atoms with van der Waals surface area (Å²) in [5, 5.41) is 6.22. The number of nitrogens with one attached hydrogen (secondary N) is 1. The Labute approximate surface area is 142 Å². The van der Waals surface area contributed by atoms with E-state index in [9.17, 15) is 4.79 Å². The lowest BCUT2D eigenvalue weighted by Gasteiger charge is -2.26. The van der Waals surface area contributed by atoms with Crippen LogP contribution in [0.1, 0.15) is 37.9 Å². The highest BCUT2D eigenvalue weighted by Crippen LogP contribution is 2.25. The van der Waals surface area contributed by atoms with Gasteiger partial charge in [-0.1, -0.05) is 26.8 Å². The van der Waals surface area contributed by atoms with Gasteiger partial charge in [-0.25, -0.2) is 9.78 Å². The fourth-order valence-electron chi connectivity index (χ4n) is 2.39. The molecule has 0 spiro atoms. The summed E-state index contributed by atoms with van der Waals surface area (Å²) in [6.45, 7) is 9.20. The summed E-state index contributed by atoms with van der Waals surface area (Å²) >= 11 is 1.69. The van der Waals surface area contributed by atoms with Crippen molar-refractivity contribution in [2.75, 3.05) is 33.4 Å². The number of nitrogens with zero attached hydrogens (tertiary/aromatic N) is 2. The normalized spacial score (nSPS) is 15.5. The van der Waals surface area contributed by atoms with Gasteiger partial charge in [0.05, 0.1) is 17.3 Å². The van der Waals surface area contributed by atoms with E-state index in [0.717, 1.165) is 30.1 Å². The summed E-state index contributed by atoms with van der Waals surface area (Å²) < 4.78 is 5.12. The van der Waals surface area contributed by atoms with Gasteiger partial charge in [-0.2, -0.15) is 0 Å². The maximum Gasteiger partial charge on any atom is 0.317 e. The van der Waals surface area contributed by atoms with Gasteiger partial charge in [0.15, 0.2) is 0 Å². The van der Waals surface area contributed by atoms with E-state index in [4.69, 9.17) is 4.74 Å². The Hall–Kier alpha value is -1.40. The van der Waals surface area contributed by atoms with Crippen LogP contribution in [0, 0.1) is 0 Å². The fraction of sp³-hybridized carbons (Fsp3) is 0.647. The van der Waals surface area contributed by atoms with Crippen molar-refractivity contribution < 1.29 is 9.53 Å². The average Bonchev–Trinajstić information content (AvgIpc) is 2.97. The molecule has 0 saturated heterocycles. The van der Waals surface area contributed by atoms with Crippen LogP contribution in [0.4, 0.5) is 4.79 Å². The first-order valence-electron chi connectivity index (χ1n) is 8.04. The molecule has 1 aromatic rings. The predicted molar refractivity (Wildman–Crippen MR) is 94.1 cm³/mol. The Morgan fingerprint density at radius 2 is 2.26 bits per heavy atom. The van der Waals surface area contributed by atoms with E-state index >= 15 is 0 Å². The van der Waals surface area contributed by atoms with Crippen LogP contribution in [0.15, 0.2) is 17.0 Å². The standard InChI is InChI=1S/C17H27N3O2S/c1-17(2,3)15-19-14(12-23-15)5-8-18-16(21)20-9-6-13(7-10-20)11-22-4/h6,12H,5,7-11H2,1-4H3,(H,18,21). The zero-order valence-electron chi connectivity index (χ0n) is 14.5. The van der Waals surface area contributed by atoms with Crippen molar-refractivity contribution >= 4 is 17.4 Å². The number of urea groups is 1. The van der Waals surface area contributed by atoms with Gasteiger partial charge in [0.2, 0.25) is 0 Å². The van der Waals surface area contributed by atoms with Gasteiger partial charge in [0.1, 0.15) is 0 Å². The quantitative estimate of drug-likeness (QED) is 0.841. The molecule has 1 aliphatic heterocycles. The Balaban J connectivity index is 1.74. The van der Waals surface area contributed by atoms with Crippen LogP contribution in [-0.2, 0) is 16.6 Å². The van der Waals surface area contributed by atoms with Crippen molar-refractivity contribution in [3.05, 3.63) is 27.7 Å². The number of methoxy groups -OCH3 is 1. The molecule has 1 aromatic heterocycles. The van der Waals surface area contributed by atoms with Crippen molar-refractivity contribution in [1.82, 2.24) is 15.2 Å². The summed E-state index contributed by atoms with van der Waals surface area (Å²) in [5.74, 6) is 0. The molecule has 5 nitrogen and oxygen atoms in total. The number of carbonyl (C=O) groups excluding carboxylic acids is 1. The first kappa shape index (κ1) is 17.9. The van der Waals surface area contributed by atoms with Gasteiger partial charge in [-0.15, -0.1) is 11.3 Å². The van der Waals surface area contributed by atoms with E-state index in [-0.39, 0.29) is 11.4 Å². The third-order valence-electron chi connectivity index (χ3n) is 3.77. The molecule has 0 atom stereocenters.